The second-order valence-corrected chi connectivity index (χ2v) is 5.60. The van der Waals surface area contributed by atoms with E-state index in [1.165, 1.54) is 12.1 Å². The Balaban J connectivity index is 2.35. The molecule has 2 aromatic carbocycles. The van der Waals surface area contributed by atoms with Crippen LogP contribution in [-0.2, 0) is 10.1 Å². The Labute approximate surface area is 119 Å². The van der Waals surface area contributed by atoms with Crippen LogP contribution in [0.15, 0.2) is 66.6 Å². The van der Waals surface area contributed by atoms with E-state index in [-0.39, 0.29) is 10.6 Å². The Bertz CT molecular complexity index is 729. The third-order valence-electron chi connectivity index (χ3n) is 2.74. The van der Waals surface area contributed by atoms with Crippen molar-refractivity contribution in [3.63, 3.8) is 0 Å². The molecule has 0 atom stereocenters. The minimum Gasteiger partial charge on any atom is -0.378 e. The first kappa shape index (κ1) is 14.1. The van der Waals surface area contributed by atoms with Crippen LogP contribution in [0.4, 0.5) is 0 Å². The molecule has 0 radical (unpaired) electrons. The SMILES string of the molecule is C=Cc1ccc(S(=O)(=O)Oc2ccccc2C=C)cc1. The van der Waals surface area contributed by atoms with Crippen LogP contribution in [0.2, 0.25) is 0 Å². The lowest BCUT2D eigenvalue weighted by Crippen LogP contribution is -2.10. The molecular formula is C16H14O3S. The van der Waals surface area contributed by atoms with E-state index >= 15 is 0 Å². The fourth-order valence-corrected chi connectivity index (χ4v) is 2.62. The summed E-state index contributed by atoms with van der Waals surface area (Å²) < 4.78 is 29.5. The van der Waals surface area contributed by atoms with Gasteiger partial charge in [0.25, 0.3) is 0 Å². The fraction of sp³-hybridized carbons (Fsp3) is 0. The molecule has 0 aliphatic carbocycles. The molecule has 0 unspecified atom stereocenters. The monoisotopic (exact) mass is 286 g/mol. The van der Waals surface area contributed by atoms with Gasteiger partial charge in [0.15, 0.2) is 0 Å². The molecule has 0 amide bonds. The molecule has 102 valence electrons. The van der Waals surface area contributed by atoms with Crippen LogP contribution in [0.25, 0.3) is 12.2 Å². The molecule has 0 saturated heterocycles. The molecule has 0 heterocycles. The number of hydrogen-bond donors (Lipinski definition) is 0. The van der Waals surface area contributed by atoms with E-state index in [2.05, 4.69) is 13.2 Å². The molecule has 0 N–H and O–H groups in total. The summed E-state index contributed by atoms with van der Waals surface area (Å²) >= 11 is 0. The summed E-state index contributed by atoms with van der Waals surface area (Å²) in [5.41, 5.74) is 1.47. The molecule has 4 heteroatoms. The van der Waals surface area contributed by atoms with E-state index in [0.717, 1.165) is 5.56 Å². The zero-order valence-corrected chi connectivity index (χ0v) is 11.6. The second kappa shape index (κ2) is 5.75. The molecule has 20 heavy (non-hydrogen) atoms. The van der Waals surface area contributed by atoms with Gasteiger partial charge in [-0.05, 0) is 23.8 Å². The summed E-state index contributed by atoms with van der Waals surface area (Å²) in [5, 5.41) is 0. The first-order valence-electron chi connectivity index (χ1n) is 5.95. The molecule has 0 saturated carbocycles. The van der Waals surface area contributed by atoms with Crippen LogP contribution in [0, 0.1) is 0 Å². The van der Waals surface area contributed by atoms with Crippen LogP contribution in [-0.4, -0.2) is 8.42 Å². The van der Waals surface area contributed by atoms with Crippen molar-refractivity contribution in [3.8, 4) is 5.75 Å². The standard InChI is InChI=1S/C16H14O3S/c1-3-13-9-11-15(12-10-13)20(17,18)19-16-8-6-5-7-14(16)4-2/h3-12H,1-2H2. The molecule has 0 bridgehead atoms. The van der Waals surface area contributed by atoms with Gasteiger partial charge in [-0.2, -0.15) is 8.42 Å². The maximum absolute atomic E-state index is 12.2. The third kappa shape index (κ3) is 2.97. The summed E-state index contributed by atoms with van der Waals surface area (Å²) in [5.74, 6) is 0.260. The van der Waals surface area contributed by atoms with Gasteiger partial charge in [-0.1, -0.05) is 55.6 Å². The lowest BCUT2D eigenvalue weighted by molar-refractivity contribution is 0.485. The Morgan fingerprint density at radius 3 is 2.15 bits per heavy atom. The zero-order valence-electron chi connectivity index (χ0n) is 10.8. The quantitative estimate of drug-likeness (QED) is 0.786. The van der Waals surface area contributed by atoms with Gasteiger partial charge in [0.2, 0.25) is 0 Å². The van der Waals surface area contributed by atoms with Gasteiger partial charge in [0, 0.05) is 5.56 Å². The summed E-state index contributed by atoms with van der Waals surface area (Å²) in [4.78, 5) is 0.0990. The highest BCUT2D eigenvalue weighted by atomic mass is 32.2. The summed E-state index contributed by atoms with van der Waals surface area (Å²) in [6, 6.07) is 13.1. The van der Waals surface area contributed by atoms with Gasteiger partial charge in [0.05, 0.1) is 0 Å². The number of rotatable bonds is 5. The summed E-state index contributed by atoms with van der Waals surface area (Å²) in [6.07, 6.45) is 3.19. The van der Waals surface area contributed by atoms with Gasteiger partial charge in [0.1, 0.15) is 10.6 Å². The maximum Gasteiger partial charge on any atom is 0.339 e. The smallest absolute Gasteiger partial charge is 0.339 e. The van der Waals surface area contributed by atoms with E-state index in [4.69, 9.17) is 4.18 Å². The van der Waals surface area contributed by atoms with Crippen molar-refractivity contribution >= 4 is 22.3 Å². The van der Waals surface area contributed by atoms with Crippen LogP contribution >= 0.6 is 0 Å². The summed E-state index contributed by atoms with van der Waals surface area (Å²) in [6.45, 7) is 7.25. The van der Waals surface area contributed by atoms with Gasteiger partial charge in [-0.3, -0.25) is 0 Å². The van der Waals surface area contributed by atoms with Crippen LogP contribution in [0.1, 0.15) is 11.1 Å². The summed E-state index contributed by atoms with van der Waals surface area (Å²) in [7, 11) is -3.85. The van der Waals surface area contributed by atoms with Crippen LogP contribution in [0.5, 0.6) is 5.75 Å². The van der Waals surface area contributed by atoms with Crippen molar-refractivity contribution in [3.05, 3.63) is 72.8 Å². The van der Waals surface area contributed by atoms with E-state index in [0.29, 0.717) is 5.56 Å². The van der Waals surface area contributed by atoms with E-state index < -0.39 is 10.1 Å². The fourth-order valence-electron chi connectivity index (χ4n) is 1.66. The molecule has 3 nitrogen and oxygen atoms in total. The average Bonchev–Trinajstić information content (AvgIpc) is 2.47. The first-order valence-corrected chi connectivity index (χ1v) is 7.36. The minimum atomic E-state index is -3.85. The van der Waals surface area contributed by atoms with E-state index in [1.807, 2.05) is 0 Å². The number of para-hydroxylation sites is 1. The van der Waals surface area contributed by atoms with Crippen molar-refractivity contribution in [2.75, 3.05) is 0 Å². The van der Waals surface area contributed by atoms with Gasteiger partial charge in [-0.25, -0.2) is 0 Å². The Morgan fingerprint density at radius 1 is 0.900 bits per heavy atom. The van der Waals surface area contributed by atoms with Gasteiger partial charge in [-0.15, -0.1) is 0 Å². The molecule has 2 rings (SSSR count). The third-order valence-corrected chi connectivity index (χ3v) is 3.99. The largest absolute Gasteiger partial charge is 0.378 e. The van der Waals surface area contributed by atoms with Crippen molar-refractivity contribution < 1.29 is 12.6 Å². The van der Waals surface area contributed by atoms with Crippen LogP contribution < -0.4 is 4.18 Å². The normalized spacial score (nSPS) is 10.8. The zero-order chi connectivity index (χ0) is 14.6. The second-order valence-electron chi connectivity index (χ2n) is 4.05. The minimum absolute atomic E-state index is 0.0990. The lowest BCUT2D eigenvalue weighted by atomic mass is 10.2. The number of benzene rings is 2. The molecular weight excluding hydrogens is 272 g/mol. The highest BCUT2D eigenvalue weighted by molar-refractivity contribution is 7.87. The van der Waals surface area contributed by atoms with Crippen molar-refractivity contribution in [2.24, 2.45) is 0 Å². The number of hydrogen-bond acceptors (Lipinski definition) is 3. The molecule has 0 aliphatic rings. The van der Waals surface area contributed by atoms with E-state index in [9.17, 15) is 8.42 Å². The molecule has 2 aromatic rings. The molecule has 0 aromatic heterocycles. The molecule has 0 aliphatic heterocycles. The highest BCUT2D eigenvalue weighted by Gasteiger charge is 2.17. The predicted octanol–water partition coefficient (Wildman–Crippen LogP) is 3.74. The molecule has 0 spiro atoms. The van der Waals surface area contributed by atoms with Crippen molar-refractivity contribution in [1.82, 2.24) is 0 Å². The Morgan fingerprint density at radius 2 is 1.55 bits per heavy atom. The van der Waals surface area contributed by atoms with Gasteiger partial charge < -0.3 is 4.18 Å². The highest BCUT2D eigenvalue weighted by Crippen LogP contribution is 2.23. The van der Waals surface area contributed by atoms with Crippen LogP contribution in [0.3, 0.4) is 0 Å². The average molecular weight is 286 g/mol. The predicted molar refractivity (Wildman–Crippen MR) is 80.9 cm³/mol. The van der Waals surface area contributed by atoms with Gasteiger partial charge >= 0.3 is 10.1 Å². The van der Waals surface area contributed by atoms with E-state index in [1.54, 1.807) is 48.6 Å². The van der Waals surface area contributed by atoms with Crippen molar-refractivity contribution in [1.29, 1.82) is 0 Å². The molecule has 0 fully saturated rings. The Kier molecular flexibility index (Phi) is 4.05. The maximum atomic E-state index is 12.2. The topological polar surface area (TPSA) is 43.4 Å². The van der Waals surface area contributed by atoms with Crippen molar-refractivity contribution in [2.45, 2.75) is 4.90 Å². The lowest BCUT2D eigenvalue weighted by Gasteiger charge is -2.09. The Hall–Kier alpha value is -2.33. The first-order chi connectivity index (χ1) is 9.56.